The fourth-order valence-electron chi connectivity index (χ4n) is 2.66. The highest BCUT2D eigenvalue weighted by molar-refractivity contribution is 5.91. The summed E-state index contributed by atoms with van der Waals surface area (Å²) < 4.78 is 9.15. The van der Waals surface area contributed by atoms with Gasteiger partial charge in [-0.25, -0.2) is 9.59 Å². The highest BCUT2D eigenvalue weighted by Gasteiger charge is 2.11. The molecule has 0 spiro atoms. The van der Waals surface area contributed by atoms with Crippen LogP contribution in [0.4, 0.5) is 0 Å². The molecule has 30 heavy (non-hydrogen) atoms. The van der Waals surface area contributed by atoms with E-state index in [0.29, 0.717) is 22.3 Å². The topological polar surface area (TPSA) is 100 Å². The third kappa shape index (κ3) is 6.05. The first-order valence-corrected chi connectivity index (χ1v) is 9.10. The lowest BCUT2D eigenvalue weighted by molar-refractivity contribution is 0.0592. The number of carbonyl (C=O) groups excluding carboxylic acids is 2. The predicted octanol–water partition coefficient (Wildman–Crippen LogP) is 4.85. The number of hydrogen-bond acceptors (Lipinski definition) is 6. The number of benzene rings is 2. The number of methoxy groups -OCH3 is 2. The maximum absolute atomic E-state index is 11.2. The molecule has 0 radical (unpaired) electrons. The zero-order valence-electron chi connectivity index (χ0n) is 17.8. The van der Waals surface area contributed by atoms with E-state index in [-0.39, 0.29) is 5.92 Å². The Hall–Kier alpha value is -3.90. The zero-order chi connectivity index (χ0) is 22.8. The first-order chi connectivity index (χ1) is 14.2. The first-order valence-electron chi connectivity index (χ1n) is 9.10. The normalized spacial score (nSPS) is 9.47. The summed E-state index contributed by atoms with van der Waals surface area (Å²) in [4.78, 5) is 22.4. The Bertz CT molecular complexity index is 1040. The number of nitrogens with zero attached hydrogens (tertiary/aromatic N) is 2. The van der Waals surface area contributed by atoms with Crippen LogP contribution in [0.2, 0.25) is 0 Å². The number of hydrogen-bond donors (Lipinski definition) is 0. The van der Waals surface area contributed by atoms with Crippen molar-refractivity contribution in [2.45, 2.75) is 26.7 Å². The molecule has 6 nitrogen and oxygen atoms in total. The smallest absolute Gasteiger partial charge is 0.337 e. The second-order valence-electron chi connectivity index (χ2n) is 6.70. The fourth-order valence-corrected chi connectivity index (χ4v) is 2.66. The van der Waals surface area contributed by atoms with Crippen LogP contribution < -0.4 is 0 Å². The molecule has 0 aromatic heterocycles. The van der Waals surface area contributed by atoms with Crippen molar-refractivity contribution >= 4 is 17.5 Å². The maximum atomic E-state index is 11.2. The molecule has 0 N–H and O–H groups in total. The average molecular weight is 404 g/mol. The first kappa shape index (κ1) is 24.1. The van der Waals surface area contributed by atoms with Gasteiger partial charge in [-0.1, -0.05) is 32.6 Å². The minimum atomic E-state index is -0.445. The van der Waals surface area contributed by atoms with Crippen LogP contribution in [0.15, 0.2) is 43.0 Å². The van der Waals surface area contributed by atoms with Gasteiger partial charge in [0.1, 0.15) is 0 Å². The van der Waals surface area contributed by atoms with Gasteiger partial charge >= 0.3 is 11.9 Å². The van der Waals surface area contributed by atoms with E-state index in [1.54, 1.807) is 30.3 Å². The van der Waals surface area contributed by atoms with Crippen LogP contribution in [-0.4, -0.2) is 26.2 Å². The molecule has 0 amide bonds. The molecular formula is C24H24N2O4. The van der Waals surface area contributed by atoms with Gasteiger partial charge in [0.05, 0.1) is 48.6 Å². The molecule has 0 saturated heterocycles. The summed E-state index contributed by atoms with van der Waals surface area (Å²) in [7, 11) is 2.63. The molecule has 0 aliphatic rings. The van der Waals surface area contributed by atoms with Gasteiger partial charge in [-0.15, -0.1) is 0 Å². The second kappa shape index (κ2) is 11.2. The Balaban J connectivity index is 0.000000300. The molecular weight excluding hydrogens is 380 g/mol. The van der Waals surface area contributed by atoms with Crippen molar-refractivity contribution in [2.24, 2.45) is 0 Å². The summed E-state index contributed by atoms with van der Waals surface area (Å²) >= 11 is 0. The van der Waals surface area contributed by atoms with Crippen LogP contribution in [0, 0.1) is 22.7 Å². The van der Waals surface area contributed by atoms with Crippen molar-refractivity contribution in [1.82, 2.24) is 0 Å². The van der Waals surface area contributed by atoms with Gasteiger partial charge in [0.2, 0.25) is 0 Å². The van der Waals surface area contributed by atoms with Crippen LogP contribution >= 0.6 is 0 Å². The average Bonchev–Trinajstić information content (AvgIpc) is 2.77. The summed E-state index contributed by atoms with van der Waals surface area (Å²) in [6, 6.07) is 14.0. The molecule has 0 atom stereocenters. The van der Waals surface area contributed by atoms with E-state index in [0.717, 1.165) is 16.7 Å². The van der Waals surface area contributed by atoms with Gasteiger partial charge in [-0.05, 0) is 53.8 Å². The molecule has 0 bridgehead atoms. The Labute approximate surface area is 177 Å². The molecule has 2 aromatic carbocycles. The van der Waals surface area contributed by atoms with Gasteiger partial charge in [-0.2, -0.15) is 10.5 Å². The van der Waals surface area contributed by atoms with E-state index in [1.165, 1.54) is 20.3 Å². The van der Waals surface area contributed by atoms with Crippen LogP contribution in [0.5, 0.6) is 0 Å². The number of rotatable bonds is 4. The Kier molecular flexibility index (Phi) is 9.00. The summed E-state index contributed by atoms with van der Waals surface area (Å²) in [5.74, 6) is -0.590. The quantitative estimate of drug-likeness (QED) is 0.676. The van der Waals surface area contributed by atoms with Gasteiger partial charge in [0.15, 0.2) is 0 Å². The second-order valence-corrected chi connectivity index (χ2v) is 6.70. The van der Waals surface area contributed by atoms with E-state index in [9.17, 15) is 9.59 Å². The Morgan fingerprint density at radius 3 is 1.77 bits per heavy atom. The molecule has 2 aromatic rings. The Morgan fingerprint density at radius 1 is 0.900 bits per heavy atom. The van der Waals surface area contributed by atoms with Crippen molar-refractivity contribution < 1.29 is 19.1 Å². The lowest BCUT2D eigenvalue weighted by Gasteiger charge is -2.08. The van der Waals surface area contributed by atoms with Gasteiger partial charge in [-0.3, -0.25) is 0 Å². The largest absolute Gasteiger partial charge is 0.465 e. The van der Waals surface area contributed by atoms with Crippen molar-refractivity contribution in [3.63, 3.8) is 0 Å². The highest BCUT2D eigenvalue weighted by atomic mass is 16.5. The van der Waals surface area contributed by atoms with E-state index in [4.69, 9.17) is 10.5 Å². The minimum absolute atomic E-state index is 0.270. The molecule has 2 rings (SSSR count). The fraction of sp³-hybridized carbons (Fsp3) is 0.250. The highest BCUT2D eigenvalue weighted by Crippen LogP contribution is 2.20. The minimum Gasteiger partial charge on any atom is -0.465 e. The number of nitriles is 2. The Morgan fingerprint density at radius 2 is 1.37 bits per heavy atom. The number of allylic oxidation sites excluding steroid dienone is 1. The summed E-state index contributed by atoms with van der Waals surface area (Å²) in [5, 5.41) is 17.8. The van der Waals surface area contributed by atoms with Crippen molar-refractivity contribution in [2.75, 3.05) is 14.2 Å². The van der Waals surface area contributed by atoms with E-state index in [1.807, 2.05) is 26.8 Å². The van der Waals surface area contributed by atoms with E-state index < -0.39 is 11.9 Å². The third-order valence-electron chi connectivity index (χ3n) is 4.24. The lowest BCUT2D eigenvalue weighted by atomic mass is 9.96. The van der Waals surface area contributed by atoms with Crippen molar-refractivity contribution in [1.29, 1.82) is 10.5 Å². The number of ether oxygens (including phenoxy) is 2. The number of esters is 2. The molecule has 0 heterocycles. The van der Waals surface area contributed by atoms with Crippen LogP contribution in [0.25, 0.3) is 5.57 Å². The zero-order valence-corrected chi connectivity index (χ0v) is 17.8. The molecule has 0 fully saturated rings. The third-order valence-corrected chi connectivity index (χ3v) is 4.24. The van der Waals surface area contributed by atoms with Crippen LogP contribution in [0.1, 0.15) is 69.7 Å². The maximum Gasteiger partial charge on any atom is 0.337 e. The SMILES string of the molecule is C=C(C)c1ccc(C(=O)OC)cc1C#N.COC(=O)c1ccc(C(C)C)c(C#N)c1. The van der Waals surface area contributed by atoms with Gasteiger partial charge < -0.3 is 9.47 Å². The summed E-state index contributed by atoms with van der Waals surface area (Å²) in [6.07, 6.45) is 0. The molecule has 6 heteroatoms. The molecule has 0 saturated carbocycles. The molecule has 0 aliphatic heterocycles. The molecule has 0 unspecified atom stereocenters. The van der Waals surface area contributed by atoms with Crippen LogP contribution in [-0.2, 0) is 9.47 Å². The standard InChI is InChI=1S/C12H13NO2.C12H11NO2/c2*1-8(2)11-5-4-9(12(14)15-3)6-10(11)7-13/h4-6,8H,1-3H3;4-6H,1H2,2-3H3. The van der Waals surface area contributed by atoms with E-state index in [2.05, 4.69) is 22.1 Å². The summed E-state index contributed by atoms with van der Waals surface area (Å²) in [6.45, 7) is 9.59. The summed E-state index contributed by atoms with van der Waals surface area (Å²) in [5.41, 5.74) is 4.26. The number of carbonyl (C=O) groups is 2. The van der Waals surface area contributed by atoms with E-state index >= 15 is 0 Å². The monoisotopic (exact) mass is 404 g/mol. The van der Waals surface area contributed by atoms with Gasteiger partial charge in [0.25, 0.3) is 0 Å². The lowest BCUT2D eigenvalue weighted by Crippen LogP contribution is -2.03. The van der Waals surface area contributed by atoms with Crippen molar-refractivity contribution in [3.05, 3.63) is 76.4 Å². The predicted molar refractivity (Wildman–Crippen MR) is 114 cm³/mol. The molecule has 0 aliphatic carbocycles. The van der Waals surface area contributed by atoms with Crippen molar-refractivity contribution in [3.8, 4) is 12.1 Å². The molecule has 154 valence electrons. The van der Waals surface area contributed by atoms with Gasteiger partial charge in [0, 0.05) is 0 Å². The van der Waals surface area contributed by atoms with Crippen LogP contribution in [0.3, 0.4) is 0 Å².